The molecule has 2 N–H and O–H groups in total. The topological polar surface area (TPSA) is 32.3 Å². The molecular formula is C17H27NOS. The molecule has 0 radical (unpaired) electrons. The number of hydrogen-bond donors (Lipinski definition) is 2. The van der Waals surface area contributed by atoms with E-state index in [0.29, 0.717) is 11.3 Å². The van der Waals surface area contributed by atoms with E-state index >= 15 is 0 Å². The van der Waals surface area contributed by atoms with E-state index in [4.69, 9.17) is 0 Å². The Kier molecular flexibility index (Phi) is 5.16. The zero-order chi connectivity index (χ0) is 14.8. The van der Waals surface area contributed by atoms with E-state index < -0.39 is 0 Å². The average Bonchev–Trinajstić information content (AvgIpc) is 3.16. The van der Waals surface area contributed by atoms with Crippen LogP contribution in [0, 0.1) is 13.8 Å². The summed E-state index contributed by atoms with van der Waals surface area (Å²) in [5.74, 6) is 0. The fraction of sp³-hybridized carbons (Fsp3) is 0.647. The smallest absolute Gasteiger partial charge is 0.0611 e. The lowest BCUT2D eigenvalue weighted by molar-refractivity contribution is 0.164. The molecule has 2 nitrogen and oxygen atoms in total. The van der Waals surface area contributed by atoms with Crippen molar-refractivity contribution in [1.29, 1.82) is 0 Å². The first kappa shape index (κ1) is 15.9. The standard InChI is InChI=1S/C17H27NOS/c1-12-5-8-16(13(2)9-12)20-14(3)10-17(4,11-19)18-15-6-7-15/h5,8-9,14-15,18-19H,6-7,10-11H2,1-4H3. The van der Waals surface area contributed by atoms with Crippen molar-refractivity contribution in [2.75, 3.05) is 6.61 Å². The molecule has 0 heterocycles. The lowest BCUT2D eigenvalue weighted by Crippen LogP contribution is -2.48. The van der Waals surface area contributed by atoms with Gasteiger partial charge in [0.15, 0.2) is 0 Å². The van der Waals surface area contributed by atoms with E-state index in [2.05, 4.69) is 51.2 Å². The second kappa shape index (κ2) is 6.50. The molecule has 2 rings (SSSR count). The van der Waals surface area contributed by atoms with Crippen LogP contribution in [-0.2, 0) is 0 Å². The molecule has 1 aromatic rings. The molecule has 0 amide bonds. The second-order valence-electron chi connectivity index (χ2n) is 6.54. The predicted octanol–water partition coefficient (Wildman–Crippen LogP) is 3.68. The molecule has 0 saturated heterocycles. The molecule has 0 spiro atoms. The molecule has 1 aliphatic rings. The number of benzene rings is 1. The second-order valence-corrected chi connectivity index (χ2v) is 8.02. The molecule has 0 bridgehead atoms. The summed E-state index contributed by atoms with van der Waals surface area (Å²) >= 11 is 1.92. The van der Waals surface area contributed by atoms with Crippen LogP contribution >= 0.6 is 11.8 Å². The van der Waals surface area contributed by atoms with E-state index in [9.17, 15) is 5.11 Å². The summed E-state index contributed by atoms with van der Waals surface area (Å²) in [4.78, 5) is 1.36. The first-order valence-electron chi connectivity index (χ1n) is 7.54. The van der Waals surface area contributed by atoms with Gasteiger partial charge in [0.1, 0.15) is 0 Å². The van der Waals surface area contributed by atoms with Gasteiger partial charge in [0.2, 0.25) is 0 Å². The highest BCUT2D eigenvalue weighted by atomic mass is 32.2. The maximum Gasteiger partial charge on any atom is 0.0611 e. The molecule has 2 unspecified atom stereocenters. The zero-order valence-electron chi connectivity index (χ0n) is 13.1. The lowest BCUT2D eigenvalue weighted by Gasteiger charge is -2.31. The van der Waals surface area contributed by atoms with Crippen LogP contribution in [0.15, 0.2) is 23.1 Å². The Bertz CT molecular complexity index is 458. The van der Waals surface area contributed by atoms with Gasteiger partial charge in [-0.3, -0.25) is 0 Å². The number of rotatable bonds is 7. The molecule has 0 aromatic heterocycles. The fourth-order valence-corrected chi connectivity index (χ4v) is 3.99. The van der Waals surface area contributed by atoms with Crippen molar-refractivity contribution in [1.82, 2.24) is 5.32 Å². The van der Waals surface area contributed by atoms with Gasteiger partial charge in [-0.05, 0) is 51.7 Å². The summed E-state index contributed by atoms with van der Waals surface area (Å²) in [5.41, 5.74) is 2.52. The van der Waals surface area contributed by atoms with Crippen LogP contribution in [0.3, 0.4) is 0 Å². The first-order chi connectivity index (χ1) is 9.42. The fourth-order valence-electron chi connectivity index (χ4n) is 2.71. The minimum atomic E-state index is -0.147. The SMILES string of the molecule is Cc1ccc(SC(C)CC(C)(CO)NC2CC2)c(C)c1. The lowest BCUT2D eigenvalue weighted by atomic mass is 9.97. The van der Waals surface area contributed by atoms with Crippen LogP contribution in [0.2, 0.25) is 0 Å². The van der Waals surface area contributed by atoms with Gasteiger partial charge >= 0.3 is 0 Å². The van der Waals surface area contributed by atoms with Gasteiger partial charge < -0.3 is 10.4 Å². The van der Waals surface area contributed by atoms with Crippen molar-refractivity contribution >= 4 is 11.8 Å². The molecule has 20 heavy (non-hydrogen) atoms. The van der Waals surface area contributed by atoms with Crippen molar-refractivity contribution in [3.8, 4) is 0 Å². The maximum atomic E-state index is 9.70. The van der Waals surface area contributed by atoms with Crippen LogP contribution < -0.4 is 5.32 Å². The van der Waals surface area contributed by atoms with Crippen molar-refractivity contribution in [3.63, 3.8) is 0 Å². The largest absolute Gasteiger partial charge is 0.394 e. The van der Waals surface area contributed by atoms with E-state index in [-0.39, 0.29) is 12.1 Å². The highest BCUT2D eigenvalue weighted by Gasteiger charge is 2.33. The normalized spacial score (nSPS) is 19.6. The predicted molar refractivity (Wildman–Crippen MR) is 87.5 cm³/mol. The van der Waals surface area contributed by atoms with Gasteiger partial charge in [-0.2, -0.15) is 0 Å². The van der Waals surface area contributed by atoms with E-state index in [1.807, 2.05) is 11.8 Å². The summed E-state index contributed by atoms with van der Waals surface area (Å²) in [7, 11) is 0. The molecular weight excluding hydrogens is 266 g/mol. The molecule has 2 atom stereocenters. The number of hydrogen-bond acceptors (Lipinski definition) is 3. The molecule has 112 valence electrons. The molecule has 1 saturated carbocycles. The molecule has 1 aromatic carbocycles. The van der Waals surface area contributed by atoms with Gasteiger partial charge in [0.25, 0.3) is 0 Å². The Morgan fingerprint density at radius 1 is 1.40 bits per heavy atom. The Morgan fingerprint density at radius 2 is 2.10 bits per heavy atom. The molecule has 1 fully saturated rings. The van der Waals surface area contributed by atoms with Crippen LogP contribution in [-0.4, -0.2) is 28.5 Å². The van der Waals surface area contributed by atoms with Gasteiger partial charge in [0, 0.05) is 21.7 Å². The third-order valence-corrected chi connectivity index (χ3v) is 5.16. The Morgan fingerprint density at radius 3 is 2.65 bits per heavy atom. The van der Waals surface area contributed by atoms with Crippen molar-refractivity contribution < 1.29 is 5.11 Å². The van der Waals surface area contributed by atoms with E-state index in [1.54, 1.807) is 0 Å². The molecule has 1 aliphatic carbocycles. The van der Waals surface area contributed by atoms with Crippen LogP contribution in [0.5, 0.6) is 0 Å². The first-order valence-corrected chi connectivity index (χ1v) is 8.42. The van der Waals surface area contributed by atoms with Gasteiger partial charge in [0.05, 0.1) is 6.61 Å². The minimum Gasteiger partial charge on any atom is -0.394 e. The highest BCUT2D eigenvalue weighted by molar-refractivity contribution is 8.00. The minimum absolute atomic E-state index is 0.147. The van der Waals surface area contributed by atoms with Crippen LogP contribution in [0.25, 0.3) is 0 Å². The van der Waals surface area contributed by atoms with Crippen LogP contribution in [0.1, 0.15) is 44.2 Å². The van der Waals surface area contributed by atoms with Gasteiger partial charge in [-0.25, -0.2) is 0 Å². The summed E-state index contributed by atoms with van der Waals surface area (Å²) in [6, 6.07) is 7.26. The third-order valence-electron chi connectivity index (χ3n) is 3.88. The third kappa shape index (κ3) is 4.51. The number of nitrogens with one attached hydrogen (secondary N) is 1. The van der Waals surface area contributed by atoms with Crippen molar-refractivity contribution in [2.24, 2.45) is 0 Å². The number of thioether (sulfide) groups is 1. The Balaban J connectivity index is 1.94. The monoisotopic (exact) mass is 293 g/mol. The summed E-state index contributed by atoms with van der Waals surface area (Å²) < 4.78 is 0. The Hall–Kier alpha value is -0.510. The molecule has 3 heteroatoms. The summed E-state index contributed by atoms with van der Waals surface area (Å²) in [6.45, 7) is 8.92. The maximum absolute atomic E-state index is 9.70. The highest BCUT2D eigenvalue weighted by Crippen LogP contribution is 2.32. The number of aryl methyl sites for hydroxylation is 2. The number of aliphatic hydroxyl groups excluding tert-OH is 1. The van der Waals surface area contributed by atoms with E-state index in [1.165, 1.54) is 28.9 Å². The van der Waals surface area contributed by atoms with E-state index in [0.717, 1.165) is 6.42 Å². The van der Waals surface area contributed by atoms with Gasteiger partial charge in [-0.1, -0.05) is 24.6 Å². The molecule has 0 aliphatic heterocycles. The quantitative estimate of drug-likeness (QED) is 0.752. The average molecular weight is 293 g/mol. The van der Waals surface area contributed by atoms with Crippen molar-refractivity contribution in [3.05, 3.63) is 29.3 Å². The zero-order valence-corrected chi connectivity index (χ0v) is 13.9. The number of aliphatic hydroxyl groups is 1. The van der Waals surface area contributed by atoms with Crippen LogP contribution in [0.4, 0.5) is 0 Å². The summed E-state index contributed by atoms with van der Waals surface area (Å²) in [5, 5.41) is 13.8. The van der Waals surface area contributed by atoms with Gasteiger partial charge in [-0.15, -0.1) is 11.8 Å². The van der Waals surface area contributed by atoms with Crippen molar-refractivity contribution in [2.45, 2.75) is 68.7 Å². The Labute approximate surface area is 127 Å². The summed E-state index contributed by atoms with van der Waals surface area (Å²) in [6.07, 6.45) is 3.50.